The van der Waals surface area contributed by atoms with Crippen molar-refractivity contribution in [2.75, 3.05) is 6.54 Å². The first-order chi connectivity index (χ1) is 6.72. The van der Waals surface area contributed by atoms with Crippen molar-refractivity contribution in [1.82, 2.24) is 5.32 Å². The van der Waals surface area contributed by atoms with Crippen molar-refractivity contribution < 1.29 is 0 Å². The van der Waals surface area contributed by atoms with Gasteiger partial charge in [0.15, 0.2) is 0 Å². The van der Waals surface area contributed by atoms with Crippen LogP contribution in [0.3, 0.4) is 0 Å². The third kappa shape index (κ3) is 4.15. The van der Waals surface area contributed by atoms with Gasteiger partial charge in [-0.15, -0.1) is 11.8 Å². The molecule has 0 heterocycles. The van der Waals surface area contributed by atoms with E-state index < -0.39 is 0 Å². The average Bonchev–Trinajstić information content (AvgIpc) is 2.11. The number of rotatable bonds is 3. The summed E-state index contributed by atoms with van der Waals surface area (Å²) in [6.07, 6.45) is 5.11. The minimum atomic E-state index is 0.743. The molecule has 1 saturated carbocycles. The highest BCUT2D eigenvalue weighted by molar-refractivity contribution is 4.95. The summed E-state index contributed by atoms with van der Waals surface area (Å²) in [7, 11) is 0. The van der Waals surface area contributed by atoms with Crippen molar-refractivity contribution >= 4 is 0 Å². The Morgan fingerprint density at radius 1 is 1.14 bits per heavy atom. The molecule has 80 valence electrons. The Morgan fingerprint density at radius 2 is 1.79 bits per heavy atom. The number of hydrogen-bond donors (Lipinski definition) is 1. The van der Waals surface area contributed by atoms with Gasteiger partial charge in [-0.1, -0.05) is 13.8 Å². The van der Waals surface area contributed by atoms with Crippen molar-refractivity contribution in [3.63, 3.8) is 0 Å². The normalized spacial score (nSPS) is 32.1. The number of nitrogens with one attached hydrogen (secondary N) is 1. The molecule has 1 aliphatic carbocycles. The summed E-state index contributed by atoms with van der Waals surface area (Å²) in [6, 6.07) is 0.743. The van der Waals surface area contributed by atoms with E-state index in [2.05, 4.69) is 31.0 Å². The molecule has 1 heteroatoms. The smallest absolute Gasteiger partial charge is 0.0214 e. The fraction of sp³-hybridized carbons (Fsp3) is 0.846. The lowest BCUT2D eigenvalue weighted by atomic mass is 9.80. The molecule has 0 aromatic rings. The maximum Gasteiger partial charge on any atom is 0.0214 e. The third-order valence-electron chi connectivity index (χ3n) is 3.04. The van der Waals surface area contributed by atoms with Crippen LogP contribution >= 0.6 is 0 Å². The van der Waals surface area contributed by atoms with Crippen LogP contribution in [0.1, 0.15) is 46.5 Å². The van der Waals surface area contributed by atoms with Gasteiger partial charge in [0.05, 0.1) is 0 Å². The first kappa shape index (κ1) is 11.6. The maximum atomic E-state index is 3.61. The molecule has 1 fully saturated rings. The lowest BCUT2D eigenvalue weighted by Gasteiger charge is -2.31. The van der Waals surface area contributed by atoms with Gasteiger partial charge in [-0.05, 0) is 38.0 Å². The van der Waals surface area contributed by atoms with Crippen LogP contribution in [0.5, 0.6) is 0 Å². The Kier molecular flexibility index (Phi) is 5.04. The molecule has 0 radical (unpaired) electrons. The molecule has 1 rings (SSSR count). The highest BCUT2D eigenvalue weighted by Crippen LogP contribution is 2.28. The van der Waals surface area contributed by atoms with Gasteiger partial charge in [0.2, 0.25) is 0 Å². The van der Waals surface area contributed by atoms with E-state index in [0.717, 1.165) is 30.8 Å². The van der Waals surface area contributed by atoms with E-state index in [1.54, 1.807) is 0 Å². The lowest BCUT2D eigenvalue weighted by Crippen LogP contribution is -2.36. The topological polar surface area (TPSA) is 12.0 Å². The molecule has 1 aliphatic rings. The van der Waals surface area contributed by atoms with E-state index in [-0.39, 0.29) is 0 Å². The molecule has 2 unspecified atom stereocenters. The summed E-state index contributed by atoms with van der Waals surface area (Å²) in [4.78, 5) is 0. The van der Waals surface area contributed by atoms with Crippen molar-refractivity contribution in [2.45, 2.75) is 52.5 Å². The second-order valence-corrected chi connectivity index (χ2v) is 4.75. The summed E-state index contributed by atoms with van der Waals surface area (Å²) in [6.45, 7) is 7.71. The van der Waals surface area contributed by atoms with Gasteiger partial charge in [-0.3, -0.25) is 0 Å². The standard InChI is InChI=1S/C13H23N/c1-4-5-6-7-14-13-9-11(2)8-12(3)10-13/h11-14H,6-10H2,1-3H3. The quantitative estimate of drug-likeness (QED) is 0.537. The van der Waals surface area contributed by atoms with Crippen LogP contribution in [0.15, 0.2) is 0 Å². The molecule has 0 aromatic carbocycles. The van der Waals surface area contributed by atoms with Crippen LogP contribution in [-0.4, -0.2) is 12.6 Å². The zero-order valence-corrected chi connectivity index (χ0v) is 9.77. The Hall–Kier alpha value is -0.480. The zero-order valence-electron chi connectivity index (χ0n) is 9.77. The second-order valence-electron chi connectivity index (χ2n) is 4.75. The third-order valence-corrected chi connectivity index (χ3v) is 3.04. The molecule has 0 amide bonds. The summed E-state index contributed by atoms with van der Waals surface area (Å²) in [5.41, 5.74) is 0. The van der Waals surface area contributed by atoms with Crippen molar-refractivity contribution in [3.05, 3.63) is 0 Å². The van der Waals surface area contributed by atoms with Crippen LogP contribution in [0.25, 0.3) is 0 Å². The van der Waals surface area contributed by atoms with Gasteiger partial charge in [0, 0.05) is 19.0 Å². The fourth-order valence-electron chi connectivity index (χ4n) is 2.58. The van der Waals surface area contributed by atoms with Gasteiger partial charge in [-0.25, -0.2) is 0 Å². The highest BCUT2D eigenvalue weighted by Gasteiger charge is 2.22. The molecule has 0 bridgehead atoms. The molecule has 1 nitrogen and oxygen atoms in total. The maximum absolute atomic E-state index is 3.61. The first-order valence-corrected chi connectivity index (χ1v) is 5.85. The van der Waals surface area contributed by atoms with E-state index in [0.29, 0.717) is 0 Å². The zero-order chi connectivity index (χ0) is 10.4. The molecular formula is C13H23N. The van der Waals surface area contributed by atoms with Gasteiger partial charge in [0.25, 0.3) is 0 Å². The largest absolute Gasteiger partial charge is 0.313 e. The molecule has 0 saturated heterocycles. The number of hydrogen-bond acceptors (Lipinski definition) is 1. The fourth-order valence-corrected chi connectivity index (χ4v) is 2.58. The van der Waals surface area contributed by atoms with Gasteiger partial charge in [-0.2, -0.15) is 0 Å². The SMILES string of the molecule is CC#CCCNC1CC(C)CC(C)C1. The van der Waals surface area contributed by atoms with Gasteiger partial charge in [0.1, 0.15) is 0 Å². The molecular weight excluding hydrogens is 170 g/mol. The monoisotopic (exact) mass is 193 g/mol. The molecule has 14 heavy (non-hydrogen) atoms. The Bertz CT molecular complexity index is 201. The van der Waals surface area contributed by atoms with E-state index in [4.69, 9.17) is 0 Å². The predicted molar refractivity (Wildman–Crippen MR) is 62.0 cm³/mol. The van der Waals surface area contributed by atoms with Gasteiger partial charge >= 0.3 is 0 Å². The Balaban J connectivity index is 2.18. The van der Waals surface area contributed by atoms with Crippen molar-refractivity contribution in [3.8, 4) is 11.8 Å². The van der Waals surface area contributed by atoms with Crippen LogP contribution in [0.4, 0.5) is 0 Å². The summed E-state index contributed by atoms with van der Waals surface area (Å²) >= 11 is 0. The van der Waals surface area contributed by atoms with E-state index in [1.807, 2.05) is 6.92 Å². The second kappa shape index (κ2) is 6.09. The van der Waals surface area contributed by atoms with Crippen LogP contribution in [0, 0.1) is 23.7 Å². The van der Waals surface area contributed by atoms with Crippen molar-refractivity contribution in [1.29, 1.82) is 0 Å². The van der Waals surface area contributed by atoms with E-state index in [1.165, 1.54) is 19.3 Å². The van der Waals surface area contributed by atoms with Gasteiger partial charge < -0.3 is 5.32 Å². The van der Waals surface area contributed by atoms with E-state index >= 15 is 0 Å². The highest BCUT2D eigenvalue weighted by atomic mass is 14.9. The lowest BCUT2D eigenvalue weighted by molar-refractivity contribution is 0.240. The van der Waals surface area contributed by atoms with Crippen LogP contribution in [-0.2, 0) is 0 Å². The van der Waals surface area contributed by atoms with Crippen LogP contribution < -0.4 is 5.32 Å². The molecule has 1 N–H and O–H groups in total. The van der Waals surface area contributed by atoms with E-state index in [9.17, 15) is 0 Å². The summed E-state index contributed by atoms with van der Waals surface area (Å²) in [5.74, 6) is 7.82. The first-order valence-electron chi connectivity index (χ1n) is 5.85. The van der Waals surface area contributed by atoms with Crippen molar-refractivity contribution in [2.24, 2.45) is 11.8 Å². The Labute approximate surface area is 88.7 Å². The molecule has 0 spiro atoms. The predicted octanol–water partition coefficient (Wildman–Crippen LogP) is 2.81. The molecule has 0 aromatic heterocycles. The Morgan fingerprint density at radius 3 is 2.36 bits per heavy atom. The molecule has 2 atom stereocenters. The summed E-state index contributed by atoms with van der Waals surface area (Å²) < 4.78 is 0. The molecule has 0 aliphatic heterocycles. The minimum absolute atomic E-state index is 0.743. The average molecular weight is 193 g/mol. The minimum Gasteiger partial charge on any atom is -0.313 e. The van der Waals surface area contributed by atoms with Crippen LogP contribution in [0.2, 0.25) is 0 Å². The summed E-state index contributed by atoms with van der Waals surface area (Å²) in [5, 5.41) is 3.61.